The monoisotopic (exact) mass is 301 g/mol. The summed E-state index contributed by atoms with van der Waals surface area (Å²) in [6, 6.07) is 9.09. The second-order valence-corrected chi connectivity index (χ2v) is 6.39. The van der Waals surface area contributed by atoms with Crippen LogP contribution in [0.25, 0.3) is 0 Å². The molecule has 0 saturated heterocycles. The zero-order valence-corrected chi connectivity index (χ0v) is 12.6. The van der Waals surface area contributed by atoms with Crippen LogP contribution in [0.4, 0.5) is 0 Å². The molecule has 0 spiro atoms. The third-order valence-electron chi connectivity index (χ3n) is 2.41. The highest BCUT2D eigenvalue weighted by Gasteiger charge is 2.08. The fraction of sp³-hybridized carbons (Fsp3) is 0.538. The predicted molar refractivity (Wildman–Crippen MR) is 77.2 cm³/mol. The van der Waals surface area contributed by atoms with Crippen molar-refractivity contribution < 1.29 is 0 Å². The number of halogens is 1. The first-order chi connectivity index (χ1) is 7.61. The Hall–Kier alpha value is 0.01000. The lowest BCUT2D eigenvalue weighted by atomic mass is 10.1. The molecule has 1 nitrogen and oxygen atoms in total. The van der Waals surface area contributed by atoms with E-state index in [1.165, 1.54) is 11.3 Å². The summed E-state index contributed by atoms with van der Waals surface area (Å²) in [5, 5.41) is 3.39. The normalized spacial score (nSPS) is 13.1. The Bertz CT molecular complexity index is 315. The second-order valence-electron chi connectivity index (χ2n) is 4.38. The molecule has 0 aliphatic carbocycles. The summed E-state index contributed by atoms with van der Waals surface area (Å²) in [5.41, 5.74) is 0. The molecule has 1 N–H and O–H groups in total. The number of thioether (sulfide) groups is 1. The Morgan fingerprint density at radius 3 is 2.69 bits per heavy atom. The molecule has 1 atom stereocenters. The summed E-state index contributed by atoms with van der Waals surface area (Å²) in [4.78, 5) is 1.33. The predicted octanol–water partition coefficient (Wildman–Crippen LogP) is 4.18. The Labute approximate surface area is 112 Å². The Morgan fingerprint density at radius 1 is 1.38 bits per heavy atom. The van der Waals surface area contributed by atoms with Gasteiger partial charge in [-0.1, -0.05) is 35.8 Å². The first kappa shape index (κ1) is 14.1. The van der Waals surface area contributed by atoms with E-state index < -0.39 is 0 Å². The van der Waals surface area contributed by atoms with Crippen molar-refractivity contribution in [3.8, 4) is 0 Å². The van der Waals surface area contributed by atoms with Crippen molar-refractivity contribution in [1.29, 1.82) is 0 Å². The quantitative estimate of drug-likeness (QED) is 0.791. The molecule has 0 radical (unpaired) electrons. The second kappa shape index (κ2) is 7.36. The lowest BCUT2D eigenvalue weighted by molar-refractivity contribution is 0.474. The van der Waals surface area contributed by atoms with Crippen LogP contribution in [0.1, 0.15) is 20.3 Å². The van der Waals surface area contributed by atoms with Gasteiger partial charge in [0.1, 0.15) is 0 Å². The van der Waals surface area contributed by atoms with Crippen LogP contribution in [0.15, 0.2) is 33.6 Å². The maximum atomic E-state index is 3.50. The first-order valence-electron chi connectivity index (χ1n) is 5.67. The number of rotatable bonds is 6. The van der Waals surface area contributed by atoms with Gasteiger partial charge in [0.2, 0.25) is 0 Å². The van der Waals surface area contributed by atoms with Crippen molar-refractivity contribution in [1.82, 2.24) is 5.32 Å². The molecule has 1 aromatic carbocycles. The SMILES string of the molecule is CNC(CSc1cccc(Br)c1)CC(C)C. The van der Waals surface area contributed by atoms with Gasteiger partial charge < -0.3 is 5.32 Å². The van der Waals surface area contributed by atoms with Crippen molar-refractivity contribution in [3.05, 3.63) is 28.7 Å². The molecule has 0 fully saturated rings. The maximum absolute atomic E-state index is 3.50. The average Bonchev–Trinajstić information content (AvgIpc) is 2.24. The van der Waals surface area contributed by atoms with E-state index in [4.69, 9.17) is 0 Å². The summed E-state index contributed by atoms with van der Waals surface area (Å²) in [5.74, 6) is 1.88. The van der Waals surface area contributed by atoms with Crippen LogP contribution in [-0.4, -0.2) is 18.8 Å². The van der Waals surface area contributed by atoms with Crippen LogP contribution in [0.2, 0.25) is 0 Å². The van der Waals surface area contributed by atoms with E-state index in [0.29, 0.717) is 6.04 Å². The summed E-state index contributed by atoms with van der Waals surface area (Å²) in [6.07, 6.45) is 1.23. The van der Waals surface area contributed by atoms with Gasteiger partial charge in [-0.3, -0.25) is 0 Å². The van der Waals surface area contributed by atoms with Gasteiger partial charge in [-0.05, 0) is 37.6 Å². The lowest BCUT2D eigenvalue weighted by Gasteiger charge is -2.17. The van der Waals surface area contributed by atoms with Gasteiger partial charge in [-0.15, -0.1) is 11.8 Å². The summed E-state index contributed by atoms with van der Waals surface area (Å²) in [7, 11) is 2.05. The van der Waals surface area contributed by atoms with Crippen molar-refractivity contribution >= 4 is 27.7 Å². The zero-order valence-electron chi connectivity index (χ0n) is 10.2. The Kier molecular flexibility index (Phi) is 6.47. The van der Waals surface area contributed by atoms with Crippen LogP contribution in [0, 0.1) is 5.92 Å². The van der Waals surface area contributed by atoms with Crippen LogP contribution >= 0.6 is 27.7 Å². The summed E-state index contributed by atoms with van der Waals surface area (Å²) >= 11 is 5.41. The molecule has 16 heavy (non-hydrogen) atoms. The molecule has 1 aromatic rings. The highest BCUT2D eigenvalue weighted by molar-refractivity contribution is 9.10. The minimum atomic E-state index is 0.601. The van der Waals surface area contributed by atoms with Crippen LogP contribution in [0.5, 0.6) is 0 Å². The highest BCUT2D eigenvalue weighted by Crippen LogP contribution is 2.23. The maximum Gasteiger partial charge on any atom is 0.0186 e. The molecule has 0 bridgehead atoms. The molecule has 0 amide bonds. The van der Waals surface area contributed by atoms with Crippen molar-refractivity contribution in [2.24, 2.45) is 5.92 Å². The molecular weight excluding hydrogens is 282 g/mol. The van der Waals surface area contributed by atoms with Crippen LogP contribution < -0.4 is 5.32 Å². The molecule has 0 aliphatic rings. The third-order valence-corrected chi connectivity index (χ3v) is 4.06. The lowest BCUT2D eigenvalue weighted by Crippen LogP contribution is -2.29. The minimum Gasteiger partial charge on any atom is -0.316 e. The Balaban J connectivity index is 2.43. The fourth-order valence-corrected chi connectivity index (χ4v) is 3.22. The molecular formula is C13H20BrNS. The first-order valence-corrected chi connectivity index (χ1v) is 7.45. The molecule has 0 aliphatic heterocycles. The number of hydrogen-bond acceptors (Lipinski definition) is 2. The summed E-state index contributed by atoms with van der Waals surface area (Å²) in [6.45, 7) is 4.54. The fourth-order valence-electron chi connectivity index (χ4n) is 1.59. The third kappa shape index (κ3) is 5.37. The van der Waals surface area contributed by atoms with Gasteiger partial charge in [0.05, 0.1) is 0 Å². The number of hydrogen-bond donors (Lipinski definition) is 1. The standard InChI is InChI=1S/C13H20BrNS/c1-10(2)7-12(15-3)9-16-13-6-4-5-11(14)8-13/h4-6,8,10,12,15H,7,9H2,1-3H3. The van der Waals surface area contributed by atoms with Crippen molar-refractivity contribution in [2.45, 2.75) is 31.2 Å². The van der Waals surface area contributed by atoms with Crippen molar-refractivity contribution in [3.63, 3.8) is 0 Å². The van der Waals surface area contributed by atoms with Gasteiger partial charge in [-0.2, -0.15) is 0 Å². The molecule has 0 saturated carbocycles. The van der Waals surface area contributed by atoms with Crippen LogP contribution in [0.3, 0.4) is 0 Å². The van der Waals surface area contributed by atoms with Gasteiger partial charge >= 0.3 is 0 Å². The van der Waals surface area contributed by atoms with E-state index in [9.17, 15) is 0 Å². The molecule has 0 aromatic heterocycles. The van der Waals surface area contributed by atoms with Gasteiger partial charge in [0.15, 0.2) is 0 Å². The van der Waals surface area contributed by atoms with Crippen LogP contribution in [-0.2, 0) is 0 Å². The van der Waals surface area contributed by atoms with E-state index in [0.717, 1.165) is 16.1 Å². The molecule has 0 heterocycles. The average molecular weight is 302 g/mol. The van der Waals surface area contributed by atoms with Gasteiger partial charge in [-0.25, -0.2) is 0 Å². The minimum absolute atomic E-state index is 0.601. The number of nitrogens with one attached hydrogen (secondary N) is 1. The Morgan fingerprint density at radius 2 is 2.12 bits per heavy atom. The van der Waals surface area contributed by atoms with Gasteiger partial charge in [0.25, 0.3) is 0 Å². The number of benzene rings is 1. The molecule has 1 rings (SSSR count). The zero-order chi connectivity index (χ0) is 12.0. The highest BCUT2D eigenvalue weighted by atomic mass is 79.9. The van der Waals surface area contributed by atoms with Gasteiger partial charge in [0, 0.05) is 21.2 Å². The van der Waals surface area contributed by atoms with E-state index in [1.54, 1.807) is 0 Å². The summed E-state index contributed by atoms with van der Waals surface area (Å²) < 4.78 is 1.15. The van der Waals surface area contributed by atoms with Crippen molar-refractivity contribution in [2.75, 3.05) is 12.8 Å². The van der Waals surface area contributed by atoms with E-state index in [-0.39, 0.29) is 0 Å². The topological polar surface area (TPSA) is 12.0 Å². The molecule has 1 unspecified atom stereocenters. The molecule has 90 valence electrons. The smallest absolute Gasteiger partial charge is 0.0186 e. The largest absolute Gasteiger partial charge is 0.316 e. The van der Waals surface area contributed by atoms with E-state index in [1.807, 2.05) is 11.8 Å². The van der Waals surface area contributed by atoms with E-state index in [2.05, 4.69) is 66.4 Å². The molecule has 3 heteroatoms. The van der Waals surface area contributed by atoms with E-state index >= 15 is 0 Å².